The highest BCUT2D eigenvalue weighted by Gasteiger charge is 2.31. The summed E-state index contributed by atoms with van der Waals surface area (Å²) in [5.74, 6) is 1.04. The summed E-state index contributed by atoms with van der Waals surface area (Å²) in [6.07, 6.45) is -3.68. The Morgan fingerprint density at radius 2 is 1.62 bits per heavy atom. The number of carbonyl (C=O) groups excluding carboxylic acids is 1. The lowest BCUT2D eigenvalue weighted by atomic mass is 10.1. The Kier molecular flexibility index (Phi) is 10.5. The molecule has 1 heterocycles. The predicted molar refractivity (Wildman–Crippen MR) is 171 cm³/mol. The molecule has 1 aromatic heterocycles. The second-order valence-electron chi connectivity index (χ2n) is 9.86. The van der Waals surface area contributed by atoms with Gasteiger partial charge < -0.3 is 14.8 Å². The predicted octanol–water partition coefficient (Wildman–Crippen LogP) is 8.77. The molecule has 5 aromatic rings. The monoisotopic (exact) mass is 696 g/mol. The average Bonchev–Trinajstić information content (AvgIpc) is 3.42. The smallest absolute Gasteiger partial charge is 0.416 e. The lowest BCUT2D eigenvalue weighted by Crippen LogP contribution is -2.16. The van der Waals surface area contributed by atoms with Gasteiger partial charge in [0.25, 0.3) is 0 Å². The molecule has 0 unspecified atom stereocenters. The molecule has 45 heavy (non-hydrogen) atoms. The third-order valence-electron chi connectivity index (χ3n) is 6.63. The molecule has 0 atom stereocenters. The average molecular weight is 698 g/mol. The van der Waals surface area contributed by atoms with E-state index in [-0.39, 0.29) is 23.8 Å². The fourth-order valence-corrected chi connectivity index (χ4v) is 5.29. The van der Waals surface area contributed by atoms with Gasteiger partial charge in [-0.2, -0.15) is 13.2 Å². The van der Waals surface area contributed by atoms with Crippen molar-refractivity contribution in [2.24, 2.45) is 0 Å². The molecule has 0 aliphatic carbocycles. The fraction of sp³-hybridized carbons (Fsp3) is 0.182. The summed E-state index contributed by atoms with van der Waals surface area (Å²) in [4.78, 5) is 13.1. The van der Waals surface area contributed by atoms with Gasteiger partial charge in [-0.3, -0.25) is 9.36 Å². The number of alkyl halides is 3. The van der Waals surface area contributed by atoms with E-state index >= 15 is 0 Å². The Bertz CT molecular complexity index is 1730. The first-order valence-corrected chi connectivity index (χ1v) is 15.7. The van der Waals surface area contributed by atoms with Gasteiger partial charge in [-0.15, -0.1) is 10.2 Å². The topological polar surface area (TPSA) is 78.3 Å². The number of halogens is 4. The van der Waals surface area contributed by atoms with Crippen molar-refractivity contribution in [1.82, 2.24) is 14.8 Å². The molecule has 0 spiro atoms. The second kappa shape index (κ2) is 14.7. The summed E-state index contributed by atoms with van der Waals surface area (Å²) >= 11 is 4.45. The molecule has 4 aromatic carbocycles. The van der Waals surface area contributed by atoms with Crippen LogP contribution in [0.15, 0.2) is 107 Å². The highest BCUT2D eigenvalue weighted by molar-refractivity contribution is 9.10. The van der Waals surface area contributed by atoms with Gasteiger partial charge in [0.05, 0.1) is 23.5 Å². The molecule has 0 aliphatic heterocycles. The maximum Gasteiger partial charge on any atom is 0.416 e. The van der Waals surface area contributed by atoms with E-state index in [4.69, 9.17) is 9.47 Å². The fourth-order valence-electron chi connectivity index (χ4n) is 4.27. The van der Waals surface area contributed by atoms with Crippen molar-refractivity contribution in [2.75, 3.05) is 11.1 Å². The molecular weight excluding hydrogens is 669 g/mol. The normalized spacial score (nSPS) is 11.3. The highest BCUT2D eigenvalue weighted by Crippen LogP contribution is 2.37. The van der Waals surface area contributed by atoms with Crippen molar-refractivity contribution in [2.45, 2.75) is 37.8 Å². The largest absolute Gasteiger partial charge is 0.486 e. The third kappa shape index (κ3) is 8.89. The van der Waals surface area contributed by atoms with Crippen LogP contribution in [0.2, 0.25) is 0 Å². The highest BCUT2D eigenvalue weighted by atomic mass is 79.9. The molecule has 232 valence electrons. The number of hydrogen-bond acceptors (Lipinski definition) is 6. The molecule has 5 rings (SSSR count). The lowest BCUT2D eigenvalue weighted by Gasteiger charge is -2.15. The third-order valence-corrected chi connectivity index (χ3v) is 8.13. The minimum absolute atomic E-state index is 0.0716. The van der Waals surface area contributed by atoms with Crippen LogP contribution in [0.5, 0.6) is 17.2 Å². The number of amides is 1. The number of hydrogen-bond donors (Lipinski definition) is 1. The summed E-state index contributed by atoms with van der Waals surface area (Å²) in [5, 5.41) is 11.7. The summed E-state index contributed by atoms with van der Waals surface area (Å²) in [7, 11) is 0. The Balaban J connectivity index is 1.32. The van der Waals surface area contributed by atoms with E-state index in [0.29, 0.717) is 29.0 Å². The Labute approximate surface area is 270 Å². The first kappa shape index (κ1) is 32.1. The van der Waals surface area contributed by atoms with Crippen LogP contribution >= 0.6 is 27.7 Å². The number of ether oxygens (including phenoxy) is 2. The van der Waals surface area contributed by atoms with E-state index in [9.17, 15) is 18.0 Å². The molecular formula is C33H28BrF3N4O3S. The molecule has 12 heteroatoms. The summed E-state index contributed by atoms with van der Waals surface area (Å²) in [5.41, 5.74) is 1.18. The van der Waals surface area contributed by atoms with Gasteiger partial charge in [0.15, 0.2) is 16.7 Å². The van der Waals surface area contributed by atoms with Crippen LogP contribution in [-0.4, -0.2) is 26.4 Å². The standard InChI is InChI=1S/C33H28BrF3N4O3S/c1-2-22-8-13-26(14-9-22)43-20-30-39-40-32(41(30)19-23-6-4-3-5-7-23)45-21-31(42)38-28-18-24(33(35,36)37)10-17-29(28)44-27-15-11-25(34)12-16-27/h3-18H,2,19-21H2,1H3,(H,38,42). The number of anilines is 1. The van der Waals surface area contributed by atoms with Crippen molar-refractivity contribution in [1.29, 1.82) is 0 Å². The zero-order valence-electron chi connectivity index (χ0n) is 24.1. The van der Waals surface area contributed by atoms with Crippen LogP contribution in [0.4, 0.5) is 18.9 Å². The van der Waals surface area contributed by atoms with E-state index in [2.05, 4.69) is 38.4 Å². The molecule has 0 radical (unpaired) electrons. The minimum atomic E-state index is -4.60. The van der Waals surface area contributed by atoms with Crippen LogP contribution in [0.1, 0.15) is 29.4 Å². The van der Waals surface area contributed by atoms with Crippen molar-refractivity contribution < 1.29 is 27.4 Å². The number of thioether (sulfide) groups is 1. The molecule has 0 saturated carbocycles. The number of benzene rings is 4. The Morgan fingerprint density at radius 1 is 0.911 bits per heavy atom. The molecule has 0 aliphatic rings. The zero-order valence-corrected chi connectivity index (χ0v) is 26.5. The van der Waals surface area contributed by atoms with Crippen LogP contribution in [-0.2, 0) is 30.5 Å². The van der Waals surface area contributed by atoms with E-state index < -0.39 is 17.6 Å². The van der Waals surface area contributed by atoms with E-state index in [1.54, 1.807) is 24.3 Å². The molecule has 0 saturated heterocycles. The molecule has 7 nitrogen and oxygen atoms in total. The van der Waals surface area contributed by atoms with Crippen molar-refractivity contribution >= 4 is 39.3 Å². The number of rotatable bonds is 12. The van der Waals surface area contributed by atoms with E-state index in [0.717, 1.165) is 40.4 Å². The second-order valence-corrected chi connectivity index (χ2v) is 11.7. The Hall–Kier alpha value is -4.29. The Morgan fingerprint density at radius 3 is 2.31 bits per heavy atom. The van der Waals surface area contributed by atoms with Crippen molar-refractivity contribution in [3.8, 4) is 17.2 Å². The summed E-state index contributed by atoms with van der Waals surface area (Å²) in [6, 6.07) is 27.3. The van der Waals surface area contributed by atoms with Gasteiger partial charge in [0.1, 0.15) is 18.1 Å². The van der Waals surface area contributed by atoms with Crippen LogP contribution in [0.25, 0.3) is 0 Å². The number of nitrogens with zero attached hydrogens (tertiary/aromatic N) is 3. The van der Waals surface area contributed by atoms with Crippen LogP contribution in [0.3, 0.4) is 0 Å². The van der Waals surface area contributed by atoms with Gasteiger partial charge in [0, 0.05) is 4.47 Å². The number of nitrogens with one attached hydrogen (secondary N) is 1. The quantitative estimate of drug-likeness (QED) is 0.131. The van der Waals surface area contributed by atoms with Gasteiger partial charge in [-0.25, -0.2) is 0 Å². The molecule has 1 N–H and O–H groups in total. The summed E-state index contributed by atoms with van der Waals surface area (Å²) in [6.45, 7) is 2.67. The summed E-state index contributed by atoms with van der Waals surface area (Å²) < 4.78 is 55.0. The van der Waals surface area contributed by atoms with Gasteiger partial charge in [-0.05, 0) is 72.1 Å². The van der Waals surface area contributed by atoms with Crippen molar-refractivity contribution in [3.63, 3.8) is 0 Å². The number of carbonyl (C=O) groups is 1. The van der Waals surface area contributed by atoms with Gasteiger partial charge >= 0.3 is 6.18 Å². The van der Waals surface area contributed by atoms with Crippen LogP contribution < -0.4 is 14.8 Å². The molecule has 1 amide bonds. The lowest BCUT2D eigenvalue weighted by molar-refractivity contribution is -0.137. The maximum absolute atomic E-state index is 13.5. The van der Waals surface area contributed by atoms with Crippen LogP contribution in [0, 0.1) is 0 Å². The molecule has 0 fully saturated rings. The molecule has 0 bridgehead atoms. The number of aromatic nitrogens is 3. The minimum Gasteiger partial charge on any atom is -0.486 e. The first-order chi connectivity index (χ1) is 21.7. The maximum atomic E-state index is 13.5. The number of aryl methyl sites for hydroxylation is 1. The first-order valence-electron chi connectivity index (χ1n) is 13.9. The van der Waals surface area contributed by atoms with Crippen molar-refractivity contribution in [3.05, 3.63) is 124 Å². The zero-order chi connectivity index (χ0) is 31.8. The van der Waals surface area contributed by atoms with Gasteiger partial charge in [0.2, 0.25) is 5.91 Å². The SMILES string of the molecule is CCc1ccc(OCc2nnc(SCC(=O)Nc3cc(C(F)(F)F)ccc3Oc3ccc(Br)cc3)n2Cc2ccccc2)cc1. The van der Waals surface area contributed by atoms with E-state index in [1.165, 1.54) is 11.6 Å². The van der Waals surface area contributed by atoms with Gasteiger partial charge in [-0.1, -0.05) is 77.1 Å². The van der Waals surface area contributed by atoms with E-state index in [1.807, 2.05) is 59.2 Å².